The zero-order valence-electron chi connectivity index (χ0n) is 9.05. The van der Waals surface area contributed by atoms with E-state index < -0.39 is 0 Å². The molecule has 0 bridgehead atoms. The summed E-state index contributed by atoms with van der Waals surface area (Å²) in [4.78, 5) is 0. The molecule has 0 N–H and O–H groups in total. The summed E-state index contributed by atoms with van der Waals surface area (Å²) in [6, 6.07) is 4.28. The lowest BCUT2D eigenvalue weighted by Crippen LogP contribution is -1.94. The highest BCUT2D eigenvalue weighted by atomic mass is 16.5. The third-order valence-corrected chi connectivity index (χ3v) is 2.28. The number of terminal acetylenes is 1. The summed E-state index contributed by atoms with van der Waals surface area (Å²) in [6.45, 7) is 4.12. The number of methoxy groups -OCH3 is 1. The first kappa shape index (κ1) is 10.7. The Hall–Kier alpha value is -1.42. The van der Waals surface area contributed by atoms with Crippen molar-refractivity contribution in [3.05, 3.63) is 28.8 Å². The molecule has 1 heteroatoms. The molecule has 0 saturated carbocycles. The number of rotatable bonds is 3. The van der Waals surface area contributed by atoms with Crippen LogP contribution in [0, 0.1) is 26.2 Å². The van der Waals surface area contributed by atoms with Gasteiger partial charge in [0.2, 0.25) is 0 Å². The van der Waals surface area contributed by atoms with Gasteiger partial charge in [0, 0.05) is 6.42 Å². The maximum atomic E-state index is 5.29. The smallest absolute Gasteiger partial charge is 0.124 e. The minimum absolute atomic E-state index is 0.797. The standard InChI is InChI=1S/C13H16O/c1-5-6-7-12-8-10(2)13(14-4)11(3)9-12/h1,8-9H,6-7H2,2-4H3. The Kier molecular flexibility index (Phi) is 3.59. The van der Waals surface area contributed by atoms with Crippen LogP contribution < -0.4 is 4.74 Å². The van der Waals surface area contributed by atoms with Crippen LogP contribution in [0.3, 0.4) is 0 Å². The Labute approximate surface area is 86.1 Å². The fraction of sp³-hybridized carbons (Fsp3) is 0.385. The van der Waals surface area contributed by atoms with Gasteiger partial charge in [0.1, 0.15) is 5.75 Å². The monoisotopic (exact) mass is 188 g/mol. The summed E-state index contributed by atoms with van der Waals surface area (Å²) < 4.78 is 5.29. The van der Waals surface area contributed by atoms with Crippen LogP contribution in [-0.4, -0.2) is 7.11 Å². The lowest BCUT2D eigenvalue weighted by Gasteiger charge is -2.10. The van der Waals surface area contributed by atoms with E-state index in [0.717, 1.165) is 18.6 Å². The van der Waals surface area contributed by atoms with Crippen molar-refractivity contribution in [2.45, 2.75) is 26.7 Å². The number of benzene rings is 1. The van der Waals surface area contributed by atoms with E-state index >= 15 is 0 Å². The van der Waals surface area contributed by atoms with Gasteiger partial charge in [-0.05, 0) is 37.0 Å². The van der Waals surface area contributed by atoms with Crippen LogP contribution in [0.15, 0.2) is 12.1 Å². The van der Waals surface area contributed by atoms with Crippen LogP contribution in [0.4, 0.5) is 0 Å². The van der Waals surface area contributed by atoms with Crippen molar-refractivity contribution in [2.24, 2.45) is 0 Å². The van der Waals surface area contributed by atoms with E-state index in [1.165, 1.54) is 16.7 Å². The lowest BCUT2D eigenvalue weighted by molar-refractivity contribution is 0.408. The summed E-state index contributed by atoms with van der Waals surface area (Å²) in [5, 5.41) is 0. The Morgan fingerprint density at radius 2 is 1.86 bits per heavy atom. The Bertz CT molecular complexity index is 335. The van der Waals surface area contributed by atoms with E-state index in [9.17, 15) is 0 Å². The van der Waals surface area contributed by atoms with Crippen molar-refractivity contribution in [1.82, 2.24) is 0 Å². The molecular formula is C13H16O. The molecule has 0 saturated heterocycles. The van der Waals surface area contributed by atoms with Gasteiger partial charge in [0.05, 0.1) is 7.11 Å². The van der Waals surface area contributed by atoms with Gasteiger partial charge >= 0.3 is 0 Å². The largest absolute Gasteiger partial charge is 0.496 e. The van der Waals surface area contributed by atoms with Gasteiger partial charge in [-0.2, -0.15) is 0 Å². The second-order valence-corrected chi connectivity index (χ2v) is 3.47. The van der Waals surface area contributed by atoms with Crippen LogP contribution in [-0.2, 0) is 6.42 Å². The van der Waals surface area contributed by atoms with E-state index in [4.69, 9.17) is 11.2 Å². The first-order valence-corrected chi connectivity index (χ1v) is 4.76. The summed E-state index contributed by atoms with van der Waals surface area (Å²) in [7, 11) is 1.70. The fourth-order valence-corrected chi connectivity index (χ4v) is 1.72. The molecular weight excluding hydrogens is 172 g/mol. The normalized spacial score (nSPS) is 9.57. The zero-order chi connectivity index (χ0) is 10.6. The summed E-state index contributed by atoms with van der Waals surface area (Å²) in [5.41, 5.74) is 3.65. The van der Waals surface area contributed by atoms with Crippen LogP contribution in [0.5, 0.6) is 5.75 Å². The Morgan fingerprint density at radius 1 is 1.29 bits per heavy atom. The molecule has 1 aromatic rings. The maximum Gasteiger partial charge on any atom is 0.124 e. The molecule has 1 nitrogen and oxygen atoms in total. The maximum absolute atomic E-state index is 5.29. The molecule has 1 aromatic carbocycles. The van der Waals surface area contributed by atoms with Gasteiger partial charge in [0.15, 0.2) is 0 Å². The highest BCUT2D eigenvalue weighted by Gasteiger charge is 2.04. The highest BCUT2D eigenvalue weighted by Crippen LogP contribution is 2.24. The second kappa shape index (κ2) is 4.72. The minimum Gasteiger partial charge on any atom is -0.496 e. The molecule has 74 valence electrons. The predicted octanol–water partition coefficient (Wildman–Crippen LogP) is 2.88. The number of hydrogen-bond donors (Lipinski definition) is 0. The van der Waals surface area contributed by atoms with Gasteiger partial charge in [-0.15, -0.1) is 12.3 Å². The van der Waals surface area contributed by atoms with Gasteiger partial charge in [-0.3, -0.25) is 0 Å². The molecule has 0 radical (unpaired) electrons. The summed E-state index contributed by atoms with van der Waals surface area (Å²) in [5.74, 6) is 3.63. The van der Waals surface area contributed by atoms with Gasteiger partial charge in [0.25, 0.3) is 0 Å². The first-order valence-electron chi connectivity index (χ1n) is 4.76. The van der Waals surface area contributed by atoms with Crippen LogP contribution in [0.25, 0.3) is 0 Å². The van der Waals surface area contributed by atoms with E-state index in [-0.39, 0.29) is 0 Å². The molecule has 0 heterocycles. The minimum atomic E-state index is 0.797. The van der Waals surface area contributed by atoms with Crippen LogP contribution in [0.1, 0.15) is 23.1 Å². The molecule has 0 atom stereocenters. The van der Waals surface area contributed by atoms with Crippen molar-refractivity contribution < 1.29 is 4.74 Å². The molecule has 0 aromatic heterocycles. The molecule has 0 aliphatic heterocycles. The number of ether oxygens (including phenoxy) is 1. The van der Waals surface area contributed by atoms with Crippen molar-refractivity contribution in [2.75, 3.05) is 7.11 Å². The third-order valence-electron chi connectivity index (χ3n) is 2.28. The third kappa shape index (κ3) is 2.29. The lowest BCUT2D eigenvalue weighted by atomic mass is 10.0. The first-order chi connectivity index (χ1) is 6.69. The molecule has 0 spiro atoms. The van der Waals surface area contributed by atoms with Crippen molar-refractivity contribution in [1.29, 1.82) is 0 Å². The van der Waals surface area contributed by atoms with E-state index in [2.05, 4.69) is 31.9 Å². The molecule has 0 unspecified atom stereocenters. The summed E-state index contributed by atoms with van der Waals surface area (Å²) in [6.07, 6.45) is 6.98. The molecule has 14 heavy (non-hydrogen) atoms. The van der Waals surface area contributed by atoms with Crippen molar-refractivity contribution in [3.8, 4) is 18.1 Å². The van der Waals surface area contributed by atoms with Gasteiger partial charge in [-0.25, -0.2) is 0 Å². The Morgan fingerprint density at radius 3 is 2.29 bits per heavy atom. The average molecular weight is 188 g/mol. The predicted molar refractivity (Wildman–Crippen MR) is 59.6 cm³/mol. The topological polar surface area (TPSA) is 9.23 Å². The van der Waals surface area contributed by atoms with Crippen LogP contribution in [0.2, 0.25) is 0 Å². The second-order valence-electron chi connectivity index (χ2n) is 3.47. The van der Waals surface area contributed by atoms with E-state index in [1.807, 2.05) is 0 Å². The SMILES string of the molecule is C#CCCc1cc(C)c(OC)c(C)c1. The van der Waals surface area contributed by atoms with Gasteiger partial charge < -0.3 is 4.74 Å². The van der Waals surface area contributed by atoms with E-state index in [0.29, 0.717) is 0 Å². The molecule has 0 amide bonds. The molecule has 0 aliphatic rings. The summed E-state index contributed by atoms with van der Waals surface area (Å²) >= 11 is 0. The highest BCUT2D eigenvalue weighted by molar-refractivity contribution is 5.43. The fourth-order valence-electron chi connectivity index (χ4n) is 1.72. The van der Waals surface area contributed by atoms with Crippen molar-refractivity contribution in [3.63, 3.8) is 0 Å². The molecule has 0 fully saturated rings. The average Bonchev–Trinajstić information content (AvgIpc) is 2.14. The number of aryl methyl sites for hydroxylation is 3. The van der Waals surface area contributed by atoms with Gasteiger partial charge in [-0.1, -0.05) is 12.1 Å². The molecule has 0 aliphatic carbocycles. The van der Waals surface area contributed by atoms with E-state index in [1.54, 1.807) is 7.11 Å². The Balaban J connectivity index is 2.97. The zero-order valence-corrected chi connectivity index (χ0v) is 9.05. The van der Waals surface area contributed by atoms with Crippen LogP contribution >= 0.6 is 0 Å². The molecule has 1 rings (SSSR count). The van der Waals surface area contributed by atoms with Crippen molar-refractivity contribution >= 4 is 0 Å². The number of hydrogen-bond acceptors (Lipinski definition) is 1. The quantitative estimate of drug-likeness (QED) is 0.663.